The van der Waals surface area contributed by atoms with Crippen molar-refractivity contribution in [2.45, 2.75) is 43.4 Å². The molecule has 2 aromatic rings. The van der Waals surface area contributed by atoms with Gasteiger partial charge >= 0.3 is 0 Å². The van der Waals surface area contributed by atoms with Crippen LogP contribution < -0.4 is 5.32 Å². The summed E-state index contributed by atoms with van der Waals surface area (Å²) in [5.41, 5.74) is 2.32. The van der Waals surface area contributed by atoms with Crippen LogP contribution in [0.2, 0.25) is 0 Å². The second-order valence-electron chi connectivity index (χ2n) is 6.09. The Balaban J connectivity index is 1.54. The number of hydrogen-bond donors (Lipinski definition) is 1. The van der Waals surface area contributed by atoms with E-state index in [1.165, 1.54) is 41.5 Å². The number of carbonyl (C=O) groups excluding carboxylic acids is 1. The van der Waals surface area contributed by atoms with E-state index in [2.05, 4.69) is 34.6 Å². The first-order chi connectivity index (χ1) is 12.3. The predicted octanol–water partition coefficient (Wildman–Crippen LogP) is 4.34. The summed E-state index contributed by atoms with van der Waals surface area (Å²) in [6.07, 6.45) is 5.69. The summed E-state index contributed by atoms with van der Waals surface area (Å²) in [6, 6.07) is 8.21. The average Bonchev–Trinajstić information content (AvgIpc) is 2.91. The number of aromatic nitrogens is 2. The molecule has 1 aromatic heterocycles. The molecular formula is C18H24N4OS2. The van der Waals surface area contributed by atoms with E-state index >= 15 is 0 Å². The van der Waals surface area contributed by atoms with Gasteiger partial charge in [0.05, 0.1) is 5.75 Å². The molecule has 0 saturated carbocycles. The number of benzene rings is 1. The van der Waals surface area contributed by atoms with E-state index in [9.17, 15) is 4.79 Å². The van der Waals surface area contributed by atoms with Crippen LogP contribution in [0.1, 0.15) is 38.2 Å². The van der Waals surface area contributed by atoms with E-state index in [0.29, 0.717) is 5.75 Å². The molecular weight excluding hydrogens is 352 g/mol. The lowest BCUT2D eigenvalue weighted by molar-refractivity contribution is -0.128. The SMILES string of the molecule is CCc1ccccc1Nc1nnc(SCC(=O)N2CCCCCC2)s1. The monoisotopic (exact) mass is 376 g/mol. The largest absolute Gasteiger partial charge is 0.342 e. The molecule has 1 amide bonds. The van der Waals surface area contributed by atoms with Crippen LogP contribution in [0.3, 0.4) is 0 Å². The molecule has 0 bridgehead atoms. The molecule has 0 spiro atoms. The highest BCUT2D eigenvalue weighted by atomic mass is 32.2. The minimum absolute atomic E-state index is 0.216. The van der Waals surface area contributed by atoms with Gasteiger partial charge < -0.3 is 10.2 Å². The Hall–Kier alpha value is -1.60. The van der Waals surface area contributed by atoms with Gasteiger partial charge in [-0.15, -0.1) is 10.2 Å². The lowest BCUT2D eigenvalue weighted by Crippen LogP contribution is -2.33. The molecule has 2 heterocycles. The first-order valence-corrected chi connectivity index (χ1v) is 10.7. The summed E-state index contributed by atoms with van der Waals surface area (Å²) in [4.78, 5) is 14.3. The number of hydrogen-bond acceptors (Lipinski definition) is 6. The molecule has 1 N–H and O–H groups in total. The van der Waals surface area contributed by atoms with Crippen molar-refractivity contribution < 1.29 is 4.79 Å². The highest BCUT2D eigenvalue weighted by molar-refractivity contribution is 8.01. The van der Waals surface area contributed by atoms with Crippen LogP contribution in [0.15, 0.2) is 28.6 Å². The fourth-order valence-corrected chi connectivity index (χ4v) is 4.59. The van der Waals surface area contributed by atoms with Crippen molar-refractivity contribution in [3.63, 3.8) is 0 Å². The fourth-order valence-electron chi connectivity index (χ4n) is 2.92. The third-order valence-electron chi connectivity index (χ3n) is 4.32. The van der Waals surface area contributed by atoms with Crippen molar-refractivity contribution in [1.82, 2.24) is 15.1 Å². The molecule has 0 unspecified atom stereocenters. The summed E-state index contributed by atoms with van der Waals surface area (Å²) in [5.74, 6) is 0.660. The second-order valence-corrected chi connectivity index (χ2v) is 8.29. The molecule has 0 atom stereocenters. The topological polar surface area (TPSA) is 58.1 Å². The van der Waals surface area contributed by atoms with Crippen LogP contribution in [0.5, 0.6) is 0 Å². The quantitative estimate of drug-likeness (QED) is 0.760. The van der Waals surface area contributed by atoms with Crippen molar-refractivity contribution in [2.75, 3.05) is 24.2 Å². The molecule has 7 heteroatoms. The maximum absolute atomic E-state index is 12.4. The van der Waals surface area contributed by atoms with Crippen molar-refractivity contribution in [2.24, 2.45) is 0 Å². The molecule has 5 nitrogen and oxygen atoms in total. The zero-order valence-electron chi connectivity index (χ0n) is 14.5. The molecule has 1 aliphatic rings. The number of nitrogens with zero attached hydrogens (tertiary/aromatic N) is 3. The Morgan fingerprint density at radius 3 is 2.72 bits per heavy atom. The van der Waals surface area contributed by atoms with Gasteiger partial charge in [-0.2, -0.15) is 0 Å². The molecule has 1 saturated heterocycles. The van der Waals surface area contributed by atoms with Gasteiger partial charge in [0.2, 0.25) is 11.0 Å². The van der Waals surface area contributed by atoms with E-state index in [4.69, 9.17) is 0 Å². The number of likely N-dealkylation sites (tertiary alicyclic amines) is 1. The molecule has 1 fully saturated rings. The number of nitrogens with one attached hydrogen (secondary N) is 1. The van der Waals surface area contributed by atoms with Gasteiger partial charge in [-0.05, 0) is 30.9 Å². The first-order valence-electron chi connectivity index (χ1n) is 8.85. The van der Waals surface area contributed by atoms with Gasteiger partial charge in [0.1, 0.15) is 0 Å². The summed E-state index contributed by atoms with van der Waals surface area (Å²) in [6.45, 7) is 3.93. The number of rotatable bonds is 6. The zero-order chi connectivity index (χ0) is 17.5. The Kier molecular flexibility index (Phi) is 6.69. The Bertz CT molecular complexity index is 696. The normalized spacial score (nSPS) is 15.0. The van der Waals surface area contributed by atoms with Crippen LogP contribution in [0.25, 0.3) is 0 Å². The van der Waals surface area contributed by atoms with Gasteiger partial charge in [-0.1, -0.05) is 61.1 Å². The van der Waals surface area contributed by atoms with Gasteiger partial charge in [0.15, 0.2) is 4.34 Å². The fraction of sp³-hybridized carbons (Fsp3) is 0.500. The minimum Gasteiger partial charge on any atom is -0.342 e. The lowest BCUT2D eigenvalue weighted by Gasteiger charge is -2.19. The van der Waals surface area contributed by atoms with E-state index in [0.717, 1.165) is 47.5 Å². The van der Waals surface area contributed by atoms with E-state index < -0.39 is 0 Å². The minimum atomic E-state index is 0.216. The van der Waals surface area contributed by atoms with Crippen LogP contribution >= 0.6 is 23.1 Å². The van der Waals surface area contributed by atoms with Crippen molar-refractivity contribution in [3.05, 3.63) is 29.8 Å². The molecule has 3 rings (SSSR count). The molecule has 134 valence electrons. The average molecular weight is 377 g/mol. The Morgan fingerprint density at radius 1 is 1.20 bits per heavy atom. The number of para-hydroxylation sites is 1. The maximum atomic E-state index is 12.4. The number of carbonyl (C=O) groups is 1. The first kappa shape index (κ1) is 18.2. The third-order valence-corrected chi connectivity index (χ3v) is 6.28. The van der Waals surface area contributed by atoms with Crippen molar-refractivity contribution in [3.8, 4) is 0 Å². The molecule has 0 aliphatic carbocycles. The van der Waals surface area contributed by atoms with Gasteiger partial charge in [-0.3, -0.25) is 4.79 Å². The van der Waals surface area contributed by atoms with Crippen LogP contribution in [-0.4, -0.2) is 39.8 Å². The summed E-state index contributed by atoms with van der Waals surface area (Å²) < 4.78 is 0.833. The van der Waals surface area contributed by atoms with Crippen molar-refractivity contribution >= 4 is 39.8 Å². The standard InChI is InChI=1S/C18H24N4OS2/c1-2-14-9-5-6-10-15(14)19-17-20-21-18(25-17)24-13-16(23)22-11-7-3-4-8-12-22/h5-6,9-10H,2-4,7-8,11-13H2,1H3,(H,19,20). The number of anilines is 2. The predicted molar refractivity (Wildman–Crippen MR) is 105 cm³/mol. The smallest absolute Gasteiger partial charge is 0.233 e. The van der Waals surface area contributed by atoms with Gasteiger partial charge in [-0.25, -0.2) is 0 Å². The van der Waals surface area contributed by atoms with Gasteiger partial charge in [0, 0.05) is 18.8 Å². The molecule has 25 heavy (non-hydrogen) atoms. The lowest BCUT2D eigenvalue weighted by atomic mass is 10.1. The van der Waals surface area contributed by atoms with Crippen molar-refractivity contribution in [1.29, 1.82) is 0 Å². The highest BCUT2D eigenvalue weighted by Crippen LogP contribution is 2.29. The molecule has 1 aromatic carbocycles. The number of amides is 1. The van der Waals surface area contributed by atoms with Crippen LogP contribution in [-0.2, 0) is 11.2 Å². The van der Waals surface area contributed by atoms with E-state index in [-0.39, 0.29) is 5.91 Å². The molecule has 0 radical (unpaired) electrons. The number of aryl methyl sites for hydroxylation is 1. The maximum Gasteiger partial charge on any atom is 0.233 e. The van der Waals surface area contributed by atoms with Crippen LogP contribution in [0, 0.1) is 0 Å². The summed E-state index contributed by atoms with van der Waals surface area (Å²) in [7, 11) is 0. The van der Waals surface area contributed by atoms with E-state index in [1.807, 2.05) is 17.0 Å². The number of thioether (sulfide) groups is 1. The summed E-state index contributed by atoms with van der Waals surface area (Å²) >= 11 is 2.98. The Morgan fingerprint density at radius 2 is 1.96 bits per heavy atom. The zero-order valence-corrected chi connectivity index (χ0v) is 16.2. The second kappa shape index (κ2) is 9.20. The molecule has 1 aliphatic heterocycles. The third kappa shape index (κ3) is 5.19. The van der Waals surface area contributed by atoms with E-state index in [1.54, 1.807) is 0 Å². The van der Waals surface area contributed by atoms with Gasteiger partial charge in [0.25, 0.3) is 0 Å². The highest BCUT2D eigenvalue weighted by Gasteiger charge is 2.16. The Labute approximate surface area is 157 Å². The summed E-state index contributed by atoms with van der Waals surface area (Å²) in [5, 5.41) is 12.5. The van der Waals surface area contributed by atoms with Crippen LogP contribution in [0.4, 0.5) is 10.8 Å².